The molecule has 1 aliphatic rings. The Morgan fingerprint density at radius 2 is 1.68 bits per heavy atom. The van der Waals surface area contributed by atoms with Crippen molar-refractivity contribution in [1.82, 2.24) is 9.21 Å². The van der Waals surface area contributed by atoms with Crippen molar-refractivity contribution in [2.24, 2.45) is 5.92 Å². The maximum absolute atomic E-state index is 13.6. The van der Waals surface area contributed by atoms with E-state index in [1.54, 1.807) is 66.4 Å². The van der Waals surface area contributed by atoms with Crippen LogP contribution in [-0.4, -0.2) is 73.6 Å². The van der Waals surface area contributed by atoms with Gasteiger partial charge in [-0.25, -0.2) is 13.2 Å². The van der Waals surface area contributed by atoms with Crippen LogP contribution in [0.3, 0.4) is 0 Å². The molecule has 3 aromatic rings. The molecular formula is C29H34N4O6S. The lowest BCUT2D eigenvalue weighted by Crippen LogP contribution is -2.50. The number of sulfonamides is 1. The number of hydrogen-bond donors (Lipinski definition) is 3. The molecule has 11 heteroatoms. The zero-order valence-electron chi connectivity index (χ0n) is 22.7. The molecule has 1 aliphatic heterocycles. The number of urea groups is 1. The Balaban J connectivity index is 1.62. The zero-order chi connectivity index (χ0) is 28.9. The van der Waals surface area contributed by atoms with Crippen molar-refractivity contribution >= 4 is 33.3 Å². The summed E-state index contributed by atoms with van der Waals surface area (Å²) in [5, 5.41) is 15.3. The van der Waals surface area contributed by atoms with Crippen molar-refractivity contribution in [3.8, 4) is 5.75 Å². The number of fused-ring (bicyclic) bond motifs is 1. The number of ether oxygens (including phenoxy) is 1. The Morgan fingerprint density at radius 1 is 1.05 bits per heavy atom. The van der Waals surface area contributed by atoms with Crippen LogP contribution < -0.4 is 15.4 Å². The molecule has 3 N–H and O–H groups in total. The molecular weight excluding hydrogens is 532 g/mol. The molecule has 0 bridgehead atoms. The fraction of sp³-hybridized carbons (Fsp3) is 0.310. The molecule has 0 unspecified atom stereocenters. The zero-order valence-corrected chi connectivity index (χ0v) is 23.5. The second kappa shape index (κ2) is 12.5. The van der Waals surface area contributed by atoms with Gasteiger partial charge >= 0.3 is 6.03 Å². The summed E-state index contributed by atoms with van der Waals surface area (Å²) in [5.74, 6) is -0.371. The van der Waals surface area contributed by atoms with Crippen molar-refractivity contribution in [1.29, 1.82) is 0 Å². The van der Waals surface area contributed by atoms with Crippen molar-refractivity contribution in [2.45, 2.75) is 30.9 Å². The first-order chi connectivity index (χ1) is 19.1. The molecule has 40 heavy (non-hydrogen) atoms. The number of aliphatic hydroxyl groups excluding tert-OH is 1. The van der Waals surface area contributed by atoms with E-state index in [1.807, 2.05) is 13.0 Å². The molecule has 0 spiro atoms. The molecule has 0 saturated carbocycles. The standard InChI is InChI=1S/C29H34N4O6S/c1-20-17-33(21(2)19-34)28(35)25-16-23(31-29(36)30-22-10-6-4-7-11-22)14-15-26(25)39-27(20)18-32(3)40(37,38)24-12-8-5-9-13-24/h4-16,20-21,27,34H,17-19H2,1-3H3,(H2,30,31,36)/t20-,21+,27+/m1/s1. The summed E-state index contributed by atoms with van der Waals surface area (Å²) in [5.41, 5.74) is 1.18. The summed E-state index contributed by atoms with van der Waals surface area (Å²) >= 11 is 0. The van der Waals surface area contributed by atoms with Gasteiger partial charge in [0.2, 0.25) is 10.0 Å². The number of carbonyl (C=O) groups is 2. The molecule has 10 nitrogen and oxygen atoms in total. The van der Waals surface area contributed by atoms with E-state index < -0.39 is 28.2 Å². The van der Waals surface area contributed by atoms with E-state index >= 15 is 0 Å². The largest absolute Gasteiger partial charge is 0.488 e. The predicted octanol–water partition coefficient (Wildman–Crippen LogP) is 3.87. The molecule has 0 fully saturated rings. The summed E-state index contributed by atoms with van der Waals surface area (Å²) in [7, 11) is -2.28. The van der Waals surface area contributed by atoms with Crippen LogP contribution in [0, 0.1) is 5.92 Å². The minimum atomic E-state index is -3.77. The fourth-order valence-corrected chi connectivity index (χ4v) is 5.66. The van der Waals surface area contributed by atoms with Gasteiger partial charge in [-0.15, -0.1) is 0 Å². The monoisotopic (exact) mass is 566 g/mol. The summed E-state index contributed by atoms with van der Waals surface area (Å²) in [6, 6.07) is 20.8. The minimum absolute atomic E-state index is 0.0346. The Bertz CT molecular complexity index is 1440. The lowest BCUT2D eigenvalue weighted by atomic mass is 9.99. The quantitative estimate of drug-likeness (QED) is 0.380. The van der Waals surface area contributed by atoms with Gasteiger partial charge in [0.05, 0.1) is 29.7 Å². The Kier molecular flexibility index (Phi) is 9.08. The van der Waals surface area contributed by atoms with Crippen LogP contribution in [-0.2, 0) is 10.0 Å². The van der Waals surface area contributed by atoms with E-state index in [4.69, 9.17) is 4.74 Å². The fourth-order valence-electron chi connectivity index (χ4n) is 4.46. The van der Waals surface area contributed by atoms with Gasteiger partial charge in [-0.3, -0.25) is 4.79 Å². The van der Waals surface area contributed by atoms with Crippen LogP contribution in [0.2, 0.25) is 0 Å². The maximum atomic E-state index is 13.6. The Labute approximate surface area is 234 Å². The van der Waals surface area contributed by atoms with Crippen molar-refractivity contribution in [3.05, 3.63) is 84.4 Å². The maximum Gasteiger partial charge on any atom is 0.323 e. The lowest BCUT2D eigenvalue weighted by Gasteiger charge is -2.38. The number of rotatable bonds is 8. The molecule has 0 aliphatic carbocycles. The lowest BCUT2D eigenvalue weighted by molar-refractivity contribution is 0.0387. The van der Waals surface area contributed by atoms with Gasteiger partial charge < -0.3 is 25.4 Å². The SMILES string of the molecule is C[C@@H]1CN([C@@H](C)CO)C(=O)c2cc(NC(=O)Nc3ccccc3)ccc2O[C@H]1CN(C)S(=O)(=O)c1ccccc1. The number of carbonyl (C=O) groups excluding carboxylic acids is 2. The van der Waals surface area contributed by atoms with E-state index in [2.05, 4.69) is 10.6 Å². The number of likely N-dealkylation sites (N-methyl/N-ethyl adjacent to an activating group) is 1. The number of para-hydroxylation sites is 1. The van der Waals surface area contributed by atoms with Crippen molar-refractivity contribution in [2.75, 3.05) is 37.4 Å². The molecule has 1 heterocycles. The Hall–Kier alpha value is -3.93. The molecule has 3 aromatic carbocycles. The van der Waals surface area contributed by atoms with E-state index in [9.17, 15) is 23.1 Å². The summed E-state index contributed by atoms with van der Waals surface area (Å²) in [6.45, 7) is 3.64. The van der Waals surface area contributed by atoms with E-state index in [0.717, 1.165) is 0 Å². The predicted molar refractivity (Wildman–Crippen MR) is 153 cm³/mol. The molecule has 4 rings (SSSR count). The minimum Gasteiger partial charge on any atom is -0.488 e. The van der Waals surface area contributed by atoms with Gasteiger partial charge in [0.15, 0.2) is 0 Å². The first-order valence-electron chi connectivity index (χ1n) is 13.0. The third-order valence-electron chi connectivity index (χ3n) is 6.84. The van der Waals surface area contributed by atoms with E-state index in [0.29, 0.717) is 11.4 Å². The molecule has 212 valence electrons. The summed E-state index contributed by atoms with van der Waals surface area (Å²) in [6.07, 6.45) is -0.607. The molecule has 0 radical (unpaired) electrons. The van der Waals surface area contributed by atoms with Gasteiger partial charge in [-0.05, 0) is 49.4 Å². The molecule has 0 saturated heterocycles. The normalized spacial score (nSPS) is 18.2. The number of benzene rings is 3. The molecule has 3 amide bonds. The number of anilines is 2. The average Bonchev–Trinajstić information content (AvgIpc) is 2.95. The van der Waals surface area contributed by atoms with Crippen molar-refractivity contribution < 1.29 is 27.9 Å². The second-order valence-corrected chi connectivity index (χ2v) is 11.9. The van der Waals surface area contributed by atoms with Crippen LogP contribution in [0.15, 0.2) is 83.8 Å². The van der Waals surface area contributed by atoms with Crippen LogP contribution in [0.1, 0.15) is 24.2 Å². The van der Waals surface area contributed by atoms with Crippen LogP contribution >= 0.6 is 0 Å². The smallest absolute Gasteiger partial charge is 0.323 e. The number of nitrogens with zero attached hydrogens (tertiary/aromatic N) is 2. The topological polar surface area (TPSA) is 128 Å². The second-order valence-electron chi connectivity index (χ2n) is 9.88. The van der Waals surface area contributed by atoms with Gasteiger partial charge in [0.1, 0.15) is 11.9 Å². The van der Waals surface area contributed by atoms with Gasteiger partial charge in [-0.1, -0.05) is 43.3 Å². The first kappa shape index (κ1) is 29.1. The summed E-state index contributed by atoms with van der Waals surface area (Å²) < 4.78 is 33.9. The molecule has 0 aromatic heterocycles. The Morgan fingerprint density at radius 3 is 2.33 bits per heavy atom. The number of aliphatic hydroxyl groups is 1. The number of hydrogen-bond acceptors (Lipinski definition) is 6. The van der Waals surface area contributed by atoms with E-state index in [1.165, 1.54) is 29.6 Å². The van der Waals surface area contributed by atoms with Crippen LogP contribution in [0.4, 0.5) is 16.2 Å². The summed E-state index contributed by atoms with van der Waals surface area (Å²) in [4.78, 5) is 27.9. The number of nitrogens with one attached hydrogen (secondary N) is 2. The van der Waals surface area contributed by atoms with E-state index in [-0.39, 0.29) is 47.7 Å². The third kappa shape index (κ3) is 6.61. The van der Waals surface area contributed by atoms with Crippen LogP contribution in [0.25, 0.3) is 0 Å². The highest BCUT2D eigenvalue weighted by Gasteiger charge is 2.35. The average molecular weight is 567 g/mol. The first-order valence-corrected chi connectivity index (χ1v) is 14.4. The van der Waals surface area contributed by atoms with Gasteiger partial charge in [-0.2, -0.15) is 4.31 Å². The third-order valence-corrected chi connectivity index (χ3v) is 8.68. The highest BCUT2D eigenvalue weighted by molar-refractivity contribution is 7.89. The molecule has 3 atom stereocenters. The van der Waals surface area contributed by atoms with Crippen molar-refractivity contribution in [3.63, 3.8) is 0 Å². The van der Waals surface area contributed by atoms with Gasteiger partial charge in [0.25, 0.3) is 5.91 Å². The highest BCUT2D eigenvalue weighted by Crippen LogP contribution is 2.31. The highest BCUT2D eigenvalue weighted by atomic mass is 32.2. The van der Waals surface area contributed by atoms with Crippen LogP contribution in [0.5, 0.6) is 5.75 Å². The van der Waals surface area contributed by atoms with Gasteiger partial charge in [0, 0.05) is 30.9 Å². The number of amides is 3.